The van der Waals surface area contributed by atoms with E-state index < -0.39 is 10.0 Å². The highest BCUT2D eigenvalue weighted by Gasteiger charge is 2.38. The largest absolute Gasteiger partial charge is 0.394 e. The number of aryl methyl sites for hydroxylation is 1. The minimum absolute atomic E-state index is 0.0179. The summed E-state index contributed by atoms with van der Waals surface area (Å²) in [6.45, 7) is 7.85. The van der Waals surface area contributed by atoms with Crippen molar-refractivity contribution in [2.45, 2.75) is 64.4 Å². The van der Waals surface area contributed by atoms with Gasteiger partial charge in [-0.15, -0.1) is 0 Å². The first-order valence-corrected chi connectivity index (χ1v) is 8.84. The van der Waals surface area contributed by atoms with E-state index in [2.05, 4.69) is 23.7 Å². The van der Waals surface area contributed by atoms with Gasteiger partial charge in [0.15, 0.2) is 0 Å². The molecule has 0 radical (unpaired) electrons. The Kier molecular flexibility index (Phi) is 4.46. The first-order chi connectivity index (χ1) is 9.69. The minimum Gasteiger partial charge on any atom is -0.394 e. The second-order valence-corrected chi connectivity index (χ2v) is 8.15. The van der Waals surface area contributed by atoms with Crippen LogP contribution in [0.15, 0.2) is 4.90 Å². The van der Waals surface area contributed by atoms with E-state index in [1.165, 1.54) is 0 Å². The maximum absolute atomic E-state index is 12.7. The lowest BCUT2D eigenvalue weighted by atomic mass is 9.88. The SMILES string of the molecule is Cc1nn(CCO)c(C)c1S(=O)(=O)NC1CCCC1(C)C. The molecule has 1 aliphatic rings. The van der Waals surface area contributed by atoms with Crippen molar-refractivity contribution in [3.05, 3.63) is 11.4 Å². The summed E-state index contributed by atoms with van der Waals surface area (Å²) in [7, 11) is -3.59. The van der Waals surface area contributed by atoms with Crippen LogP contribution in [0.3, 0.4) is 0 Å². The summed E-state index contributed by atoms with van der Waals surface area (Å²) < 4.78 is 29.8. The van der Waals surface area contributed by atoms with E-state index in [-0.39, 0.29) is 23.0 Å². The molecule has 0 bridgehead atoms. The van der Waals surface area contributed by atoms with Crippen molar-refractivity contribution in [1.29, 1.82) is 0 Å². The van der Waals surface area contributed by atoms with Crippen molar-refractivity contribution in [1.82, 2.24) is 14.5 Å². The predicted molar refractivity (Wildman–Crippen MR) is 80.5 cm³/mol. The van der Waals surface area contributed by atoms with Crippen LogP contribution in [0.4, 0.5) is 0 Å². The molecule has 1 aliphatic carbocycles. The summed E-state index contributed by atoms with van der Waals surface area (Å²) in [6, 6.07) is -0.0394. The van der Waals surface area contributed by atoms with Crippen LogP contribution in [0, 0.1) is 19.3 Å². The van der Waals surface area contributed by atoms with E-state index in [0.717, 1.165) is 19.3 Å². The Morgan fingerprint density at radius 1 is 1.43 bits per heavy atom. The highest BCUT2D eigenvalue weighted by molar-refractivity contribution is 7.89. The van der Waals surface area contributed by atoms with Gasteiger partial charge in [0.2, 0.25) is 10.0 Å². The molecular weight excluding hydrogens is 290 g/mol. The van der Waals surface area contributed by atoms with Crippen LogP contribution < -0.4 is 4.72 Å². The topological polar surface area (TPSA) is 84.2 Å². The number of aliphatic hydroxyl groups is 1. The predicted octanol–water partition coefficient (Wildman–Crippen LogP) is 1.35. The molecule has 0 aliphatic heterocycles. The van der Waals surface area contributed by atoms with Crippen molar-refractivity contribution in [3.63, 3.8) is 0 Å². The van der Waals surface area contributed by atoms with Crippen molar-refractivity contribution < 1.29 is 13.5 Å². The highest BCUT2D eigenvalue weighted by atomic mass is 32.2. The zero-order valence-electron chi connectivity index (χ0n) is 13.2. The lowest BCUT2D eigenvalue weighted by Crippen LogP contribution is -2.41. The summed E-state index contributed by atoms with van der Waals surface area (Å²) in [5.74, 6) is 0. The molecule has 6 nitrogen and oxygen atoms in total. The standard InChI is InChI=1S/C14H25N3O3S/c1-10-13(11(2)17(15-10)8-9-18)21(19,20)16-12-6-5-7-14(12,3)4/h12,16,18H,5-9H2,1-4H3. The molecule has 0 aromatic carbocycles. The number of aliphatic hydroxyl groups excluding tert-OH is 1. The Hall–Kier alpha value is -0.920. The first-order valence-electron chi connectivity index (χ1n) is 7.36. The zero-order valence-corrected chi connectivity index (χ0v) is 14.0. The molecule has 7 heteroatoms. The van der Waals surface area contributed by atoms with E-state index in [1.54, 1.807) is 18.5 Å². The molecule has 1 aromatic heterocycles. The van der Waals surface area contributed by atoms with E-state index in [9.17, 15) is 8.42 Å². The van der Waals surface area contributed by atoms with Crippen molar-refractivity contribution >= 4 is 10.0 Å². The molecule has 1 saturated carbocycles. The van der Waals surface area contributed by atoms with Crippen molar-refractivity contribution in [3.8, 4) is 0 Å². The fourth-order valence-corrected chi connectivity index (χ4v) is 5.03. The summed E-state index contributed by atoms with van der Waals surface area (Å²) in [4.78, 5) is 0.249. The molecule has 0 spiro atoms. The molecule has 1 aromatic rings. The van der Waals surface area contributed by atoms with Gasteiger partial charge < -0.3 is 5.11 Å². The summed E-state index contributed by atoms with van der Waals surface area (Å²) in [5, 5.41) is 13.2. The third-order valence-electron chi connectivity index (χ3n) is 4.45. The highest BCUT2D eigenvalue weighted by Crippen LogP contribution is 2.38. The van der Waals surface area contributed by atoms with Crippen LogP contribution in [0.2, 0.25) is 0 Å². The molecule has 1 unspecified atom stereocenters. The molecule has 2 N–H and O–H groups in total. The number of sulfonamides is 1. The van der Waals surface area contributed by atoms with Crippen molar-refractivity contribution in [2.24, 2.45) is 5.41 Å². The van der Waals surface area contributed by atoms with Crippen LogP contribution in [0.5, 0.6) is 0 Å². The second kappa shape index (κ2) is 5.70. The quantitative estimate of drug-likeness (QED) is 0.859. The van der Waals surface area contributed by atoms with Gasteiger partial charge in [-0.3, -0.25) is 4.68 Å². The maximum atomic E-state index is 12.7. The van der Waals surface area contributed by atoms with Crippen LogP contribution >= 0.6 is 0 Å². The Labute approximate surface area is 126 Å². The van der Waals surface area contributed by atoms with Crippen LogP contribution in [0.1, 0.15) is 44.5 Å². The maximum Gasteiger partial charge on any atom is 0.244 e. The summed E-state index contributed by atoms with van der Waals surface area (Å²) >= 11 is 0. The number of hydrogen-bond acceptors (Lipinski definition) is 4. The molecule has 0 saturated heterocycles. The molecule has 21 heavy (non-hydrogen) atoms. The van der Waals surface area contributed by atoms with Gasteiger partial charge in [0.05, 0.1) is 24.5 Å². The smallest absolute Gasteiger partial charge is 0.244 e. The van der Waals surface area contributed by atoms with E-state index >= 15 is 0 Å². The average Bonchev–Trinajstić information content (AvgIpc) is 2.81. The van der Waals surface area contributed by atoms with E-state index in [4.69, 9.17) is 5.11 Å². The Balaban J connectivity index is 2.32. The molecule has 1 atom stereocenters. The Morgan fingerprint density at radius 3 is 2.62 bits per heavy atom. The van der Waals surface area contributed by atoms with Gasteiger partial charge in [-0.1, -0.05) is 20.3 Å². The van der Waals surface area contributed by atoms with Gasteiger partial charge in [0.1, 0.15) is 4.90 Å². The normalized spacial score (nSPS) is 21.9. The summed E-state index contributed by atoms with van der Waals surface area (Å²) in [5.41, 5.74) is 1.03. The second-order valence-electron chi connectivity index (χ2n) is 6.50. The monoisotopic (exact) mass is 315 g/mol. The van der Waals surface area contributed by atoms with E-state index in [0.29, 0.717) is 17.9 Å². The van der Waals surface area contributed by atoms with Crippen LogP contribution in [-0.4, -0.2) is 36.0 Å². The fourth-order valence-electron chi connectivity index (χ4n) is 3.17. The number of aromatic nitrogens is 2. The molecule has 2 rings (SSSR count). The fraction of sp³-hybridized carbons (Fsp3) is 0.786. The number of nitrogens with one attached hydrogen (secondary N) is 1. The Bertz CT molecular complexity index is 620. The van der Waals surface area contributed by atoms with Crippen LogP contribution in [-0.2, 0) is 16.6 Å². The molecule has 1 fully saturated rings. The van der Waals surface area contributed by atoms with Gasteiger partial charge in [-0.2, -0.15) is 5.10 Å². The Morgan fingerprint density at radius 2 is 2.10 bits per heavy atom. The third kappa shape index (κ3) is 3.14. The number of hydrogen-bond donors (Lipinski definition) is 2. The average molecular weight is 315 g/mol. The van der Waals surface area contributed by atoms with Gasteiger partial charge >= 0.3 is 0 Å². The summed E-state index contributed by atoms with van der Waals surface area (Å²) in [6.07, 6.45) is 2.94. The third-order valence-corrected chi connectivity index (χ3v) is 6.17. The van der Waals surface area contributed by atoms with Gasteiger partial charge in [-0.05, 0) is 32.1 Å². The van der Waals surface area contributed by atoms with Crippen LogP contribution in [0.25, 0.3) is 0 Å². The lowest BCUT2D eigenvalue weighted by Gasteiger charge is -2.27. The number of rotatable bonds is 5. The first kappa shape index (κ1) is 16.5. The van der Waals surface area contributed by atoms with Gasteiger partial charge in [0.25, 0.3) is 0 Å². The number of nitrogens with zero attached hydrogens (tertiary/aromatic N) is 2. The molecule has 120 valence electrons. The minimum atomic E-state index is -3.59. The van der Waals surface area contributed by atoms with Gasteiger partial charge in [-0.25, -0.2) is 13.1 Å². The molecule has 0 amide bonds. The molecular formula is C14H25N3O3S. The van der Waals surface area contributed by atoms with Gasteiger partial charge in [0, 0.05) is 6.04 Å². The molecule has 1 heterocycles. The zero-order chi connectivity index (χ0) is 15.8. The van der Waals surface area contributed by atoms with E-state index in [1.807, 2.05) is 0 Å². The lowest BCUT2D eigenvalue weighted by molar-refractivity contribution is 0.267. The van der Waals surface area contributed by atoms with Crippen molar-refractivity contribution in [2.75, 3.05) is 6.61 Å².